The van der Waals surface area contributed by atoms with E-state index in [9.17, 15) is 4.79 Å². The van der Waals surface area contributed by atoms with Gasteiger partial charge in [-0.05, 0) is 29.3 Å². The summed E-state index contributed by atoms with van der Waals surface area (Å²) < 4.78 is 5.21. The van der Waals surface area contributed by atoms with Gasteiger partial charge in [-0.15, -0.1) is 0 Å². The van der Waals surface area contributed by atoms with Crippen LogP contribution in [-0.2, 0) is 0 Å². The third-order valence-corrected chi connectivity index (χ3v) is 4.60. The predicted octanol–water partition coefficient (Wildman–Crippen LogP) is 4.92. The van der Waals surface area contributed by atoms with Crippen LogP contribution in [0.1, 0.15) is 27.5 Å². The van der Waals surface area contributed by atoms with Gasteiger partial charge in [-0.1, -0.05) is 65.7 Å². The summed E-state index contributed by atoms with van der Waals surface area (Å²) in [7, 11) is 1.61. The Bertz CT molecular complexity index is 899. The first-order valence-electron chi connectivity index (χ1n) is 7.89. The average Bonchev–Trinajstić information content (AvgIpc) is 2.69. The molecule has 0 bridgehead atoms. The maximum Gasteiger partial charge on any atom is 0.253 e. The summed E-state index contributed by atoms with van der Waals surface area (Å²) >= 11 is 11.8. The fourth-order valence-electron chi connectivity index (χ4n) is 2.56. The van der Waals surface area contributed by atoms with Gasteiger partial charge in [0.05, 0.1) is 23.7 Å². The number of hydrogen-bond acceptors (Lipinski definition) is 3. The van der Waals surface area contributed by atoms with Crippen LogP contribution in [0.3, 0.4) is 0 Å². The molecule has 1 aromatic heterocycles. The molecule has 1 amide bonds. The number of ether oxygens (including phenoxy) is 1. The minimum Gasteiger partial charge on any atom is -0.497 e. The molecule has 0 saturated heterocycles. The minimum atomic E-state index is -0.330. The molecule has 132 valence electrons. The van der Waals surface area contributed by atoms with Crippen LogP contribution in [0.4, 0.5) is 0 Å². The topological polar surface area (TPSA) is 51.2 Å². The van der Waals surface area contributed by atoms with Gasteiger partial charge in [0.25, 0.3) is 5.91 Å². The van der Waals surface area contributed by atoms with Gasteiger partial charge in [-0.25, -0.2) is 4.98 Å². The molecule has 0 fully saturated rings. The largest absolute Gasteiger partial charge is 0.497 e. The van der Waals surface area contributed by atoms with Crippen LogP contribution in [0.15, 0.2) is 66.9 Å². The van der Waals surface area contributed by atoms with Crippen molar-refractivity contribution in [3.05, 3.63) is 93.7 Å². The van der Waals surface area contributed by atoms with Crippen LogP contribution in [0.5, 0.6) is 5.75 Å². The maximum absolute atomic E-state index is 12.7. The lowest BCUT2D eigenvalue weighted by molar-refractivity contribution is 0.0942. The Hall–Kier alpha value is -2.56. The van der Waals surface area contributed by atoms with Crippen LogP contribution in [0, 0.1) is 0 Å². The molecule has 1 N–H and O–H groups in total. The molecule has 4 nitrogen and oxygen atoms in total. The van der Waals surface area contributed by atoms with Crippen molar-refractivity contribution in [2.24, 2.45) is 0 Å². The molecule has 0 aliphatic rings. The highest BCUT2D eigenvalue weighted by molar-refractivity contribution is 6.41. The van der Waals surface area contributed by atoms with Crippen molar-refractivity contribution in [3.63, 3.8) is 0 Å². The minimum absolute atomic E-state index is 0.165. The molecular formula is C20H16Cl2N2O2. The average molecular weight is 387 g/mol. The van der Waals surface area contributed by atoms with Crippen molar-refractivity contribution in [1.82, 2.24) is 10.3 Å². The standard InChI is InChI=1S/C20H16Cl2N2O2/c1-26-16-9-7-14(8-10-16)18(13-5-3-2-4-6-13)24-20(25)15-11-17(21)19(22)23-12-15/h2-12,18H,1H3,(H,24,25)/t18-/m1/s1. The fourth-order valence-corrected chi connectivity index (χ4v) is 2.83. The smallest absolute Gasteiger partial charge is 0.253 e. The zero-order valence-electron chi connectivity index (χ0n) is 13.9. The van der Waals surface area contributed by atoms with Gasteiger partial charge in [0.2, 0.25) is 0 Å². The molecule has 0 spiro atoms. The highest BCUT2D eigenvalue weighted by atomic mass is 35.5. The number of methoxy groups -OCH3 is 1. The molecule has 1 heterocycles. The van der Waals surface area contributed by atoms with Crippen molar-refractivity contribution in [1.29, 1.82) is 0 Å². The number of nitrogens with zero attached hydrogens (tertiary/aromatic N) is 1. The number of amides is 1. The number of pyridine rings is 1. The van der Waals surface area contributed by atoms with Gasteiger partial charge in [-0.3, -0.25) is 4.79 Å². The predicted molar refractivity (Wildman–Crippen MR) is 103 cm³/mol. The summed E-state index contributed by atoms with van der Waals surface area (Å²) in [6.07, 6.45) is 1.40. The molecule has 0 radical (unpaired) electrons. The molecule has 1 atom stereocenters. The Labute approximate surface area is 161 Å². The highest BCUT2D eigenvalue weighted by Gasteiger charge is 2.18. The van der Waals surface area contributed by atoms with Gasteiger partial charge in [0.15, 0.2) is 0 Å². The monoisotopic (exact) mass is 386 g/mol. The Kier molecular flexibility index (Phi) is 5.76. The molecular weight excluding hydrogens is 371 g/mol. The van der Waals surface area contributed by atoms with Crippen molar-refractivity contribution >= 4 is 29.1 Å². The lowest BCUT2D eigenvalue weighted by Gasteiger charge is -2.20. The van der Waals surface area contributed by atoms with Crippen molar-refractivity contribution in [2.45, 2.75) is 6.04 Å². The van der Waals surface area contributed by atoms with E-state index in [1.807, 2.05) is 54.6 Å². The molecule has 0 unspecified atom stereocenters. The summed E-state index contributed by atoms with van der Waals surface area (Å²) in [6, 6.07) is 18.4. The van der Waals surface area contributed by atoms with E-state index in [-0.39, 0.29) is 22.1 Å². The number of benzene rings is 2. The third kappa shape index (κ3) is 4.15. The highest BCUT2D eigenvalue weighted by Crippen LogP contribution is 2.25. The van der Waals surface area contributed by atoms with E-state index < -0.39 is 0 Å². The molecule has 3 aromatic rings. The van der Waals surface area contributed by atoms with Crippen LogP contribution in [0.25, 0.3) is 0 Å². The van der Waals surface area contributed by atoms with E-state index in [1.165, 1.54) is 12.3 Å². The number of carbonyl (C=O) groups is 1. The lowest BCUT2D eigenvalue weighted by atomic mass is 9.98. The van der Waals surface area contributed by atoms with Crippen LogP contribution < -0.4 is 10.1 Å². The molecule has 0 aliphatic heterocycles. The number of halogens is 2. The SMILES string of the molecule is COc1ccc([C@H](NC(=O)c2cnc(Cl)c(Cl)c2)c2ccccc2)cc1. The first kappa shape index (κ1) is 18.2. The van der Waals surface area contributed by atoms with Crippen LogP contribution in [0.2, 0.25) is 10.2 Å². The van der Waals surface area contributed by atoms with E-state index >= 15 is 0 Å². The number of nitrogens with one attached hydrogen (secondary N) is 1. The number of hydrogen-bond donors (Lipinski definition) is 1. The summed E-state index contributed by atoms with van der Waals surface area (Å²) in [6.45, 7) is 0. The molecule has 0 saturated carbocycles. The van der Waals surface area contributed by atoms with Gasteiger partial charge in [-0.2, -0.15) is 0 Å². The van der Waals surface area contributed by atoms with Gasteiger partial charge >= 0.3 is 0 Å². The zero-order valence-corrected chi connectivity index (χ0v) is 15.5. The van der Waals surface area contributed by atoms with Crippen molar-refractivity contribution in [3.8, 4) is 5.75 Å². The molecule has 2 aromatic carbocycles. The van der Waals surface area contributed by atoms with Crippen molar-refractivity contribution in [2.75, 3.05) is 7.11 Å². The number of carbonyl (C=O) groups excluding carboxylic acids is 1. The van der Waals surface area contributed by atoms with E-state index in [4.69, 9.17) is 27.9 Å². The van der Waals surface area contributed by atoms with Gasteiger partial charge in [0, 0.05) is 6.20 Å². The molecule has 6 heteroatoms. The summed E-state index contributed by atoms with van der Waals surface area (Å²) in [4.78, 5) is 16.6. The third-order valence-electron chi connectivity index (χ3n) is 3.92. The molecule has 3 rings (SSSR count). The number of rotatable bonds is 5. The Balaban J connectivity index is 1.92. The van der Waals surface area contributed by atoms with Gasteiger partial charge in [0.1, 0.15) is 10.9 Å². The second-order valence-corrected chi connectivity index (χ2v) is 6.35. The normalized spacial score (nSPS) is 11.7. The quantitative estimate of drug-likeness (QED) is 0.633. The Morgan fingerprint density at radius 1 is 1.04 bits per heavy atom. The molecule has 26 heavy (non-hydrogen) atoms. The Morgan fingerprint density at radius 2 is 1.69 bits per heavy atom. The van der Waals surface area contributed by atoms with E-state index in [1.54, 1.807) is 7.11 Å². The summed E-state index contributed by atoms with van der Waals surface area (Å²) in [5, 5.41) is 3.43. The van der Waals surface area contributed by atoms with E-state index in [2.05, 4.69) is 10.3 Å². The second-order valence-electron chi connectivity index (χ2n) is 5.59. The van der Waals surface area contributed by atoms with Crippen LogP contribution >= 0.6 is 23.2 Å². The lowest BCUT2D eigenvalue weighted by Crippen LogP contribution is -2.29. The number of aromatic nitrogens is 1. The summed E-state index contributed by atoms with van der Waals surface area (Å²) in [5.74, 6) is 0.460. The first-order chi connectivity index (χ1) is 12.6. The van der Waals surface area contributed by atoms with Crippen LogP contribution in [-0.4, -0.2) is 18.0 Å². The molecule has 0 aliphatic carbocycles. The fraction of sp³-hybridized carbons (Fsp3) is 0.100. The first-order valence-corrected chi connectivity index (χ1v) is 8.65. The second kappa shape index (κ2) is 8.21. The van der Waals surface area contributed by atoms with Crippen molar-refractivity contribution < 1.29 is 9.53 Å². The van der Waals surface area contributed by atoms with Gasteiger partial charge < -0.3 is 10.1 Å². The Morgan fingerprint density at radius 3 is 2.31 bits per heavy atom. The summed E-state index contributed by atoms with van der Waals surface area (Å²) in [5.41, 5.74) is 2.23. The zero-order chi connectivity index (χ0) is 18.5. The van der Waals surface area contributed by atoms with E-state index in [0.29, 0.717) is 5.56 Å². The maximum atomic E-state index is 12.7. The van der Waals surface area contributed by atoms with E-state index in [0.717, 1.165) is 16.9 Å².